The number of H-pyrrole nitrogens is 1. The second-order valence-corrected chi connectivity index (χ2v) is 13.8. The van der Waals surface area contributed by atoms with E-state index in [9.17, 15) is 24.9 Å². The number of imidazole rings is 1. The number of methoxy groups -OCH3 is 2. The predicted molar refractivity (Wildman–Crippen MR) is 207 cm³/mol. The van der Waals surface area contributed by atoms with Crippen LogP contribution in [0.25, 0.3) is 11.2 Å². The van der Waals surface area contributed by atoms with Crippen molar-refractivity contribution in [1.29, 1.82) is 0 Å². The molecule has 6 aromatic rings. The topological polar surface area (TPSA) is 190 Å². The van der Waals surface area contributed by atoms with Crippen LogP contribution in [0.3, 0.4) is 0 Å². The van der Waals surface area contributed by atoms with Crippen LogP contribution in [0.15, 0.2) is 114 Å². The molecular weight excluding hydrogens is 718 g/mol. The maximum absolute atomic E-state index is 13.1. The molecule has 0 aliphatic carbocycles. The van der Waals surface area contributed by atoms with Gasteiger partial charge in [-0.15, -0.1) is 0 Å². The van der Waals surface area contributed by atoms with E-state index >= 15 is 0 Å². The fourth-order valence-corrected chi connectivity index (χ4v) is 7.28. The first-order valence-electron chi connectivity index (χ1n) is 18.1. The van der Waals surface area contributed by atoms with Gasteiger partial charge in [0.15, 0.2) is 24.0 Å². The fourth-order valence-electron chi connectivity index (χ4n) is 7.28. The van der Waals surface area contributed by atoms with Gasteiger partial charge < -0.3 is 34.3 Å². The van der Waals surface area contributed by atoms with Crippen molar-refractivity contribution >= 4 is 23.0 Å². The summed E-state index contributed by atoms with van der Waals surface area (Å²) in [5.41, 5.74) is 0.916. The highest BCUT2D eigenvalue weighted by Crippen LogP contribution is 2.47. The SMILES string of the molecule is COc1ccc(C(c2ccccc2)(c2ccc(OC)cc2)C(O)[C@H]2O[C@@H](n3cnc4c(=O)[nH]c(NC(=O)COc5ccc(C(C)C)cc5)nc43)[C@H](O)[C@@H]2O)cc1. The normalized spacial score (nSPS) is 18.9. The van der Waals surface area contributed by atoms with Crippen LogP contribution in [0.2, 0.25) is 0 Å². The lowest BCUT2D eigenvalue weighted by Gasteiger charge is -2.42. The van der Waals surface area contributed by atoms with Crippen LogP contribution in [-0.4, -0.2) is 86.0 Å². The second-order valence-electron chi connectivity index (χ2n) is 13.8. The Bertz CT molecular complexity index is 2280. The fraction of sp³-hybridized carbons (Fsp3) is 0.286. The van der Waals surface area contributed by atoms with Crippen LogP contribution in [-0.2, 0) is 14.9 Å². The van der Waals surface area contributed by atoms with Crippen LogP contribution >= 0.6 is 0 Å². The first-order valence-corrected chi connectivity index (χ1v) is 18.1. The number of amides is 1. The number of fused-ring (bicyclic) bond motifs is 1. The molecule has 7 rings (SSSR count). The molecule has 4 aromatic carbocycles. The van der Waals surface area contributed by atoms with Crippen molar-refractivity contribution in [2.45, 2.75) is 55.8 Å². The highest BCUT2D eigenvalue weighted by atomic mass is 16.6. The molecule has 1 amide bonds. The van der Waals surface area contributed by atoms with E-state index in [0.717, 1.165) is 5.56 Å². The number of nitrogens with one attached hydrogen (secondary N) is 2. The molecule has 0 saturated carbocycles. The van der Waals surface area contributed by atoms with Gasteiger partial charge in [-0.25, -0.2) is 4.98 Å². The van der Waals surface area contributed by atoms with Crippen molar-refractivity contribution in [2.75, 3.05) is 26.1 Å². The van der Waals surface area contributed by atoms with Gasteiger partial charge in [-0.05, 0) is 64.6 Å². The Balaban J connectivity index is 1.21. The number of aromatic amines is 1. The van der Waals surface area contributed by atoms with E-state index in [4.69, 9.17) is 18.9 Å². The minimum Gasteiger partial charge on any atom is -0.497 e. The number of hydrogen-bond donors (Lipinski definition) is 5. The number of anilines is 1. The molecule has 14 nitrogen and oxygen atoms in total. The smallest absolute Gasteiger partial charge is 0.280 e. The average Bonchev–Trinajstić information content (AvgIpc) is 3.78. The molecule has 1 aliphatic heterocycles. The molecule has 1 saturated heterocycles. The van der Waals surface area contributed by atoms with Crippen molar-refractivity contribution in [1.82, 2.24) is 19.5 Å². The highest BCUT2D eigenvalue weighted by molar-refractivity contribution is 5.90. The zero-order chi connectivity index (χ0) is 39.6. The summed E-state index contributed by atoms with van der Waals surface area (Å²) in [6.07, 6.45) is -6.27. The summed E-state index contributed by atoms with van der Waals surface area (Å²) in [4.78, 5) is 37.1. The van der Waals surface area contributed by atoms with Crippen LogP contribution < -0.4 is 25.1 Å². The molecular formula is C42H43N5O9. The third kappa shape index (κ3) is 7.10. The summed E-state index contributed by atoms with van der Waals surface area (Å²) >= 11 is 0. The van der Waals surface area contributed by atoms with Crippen molar-refractivity contribution in [2.24, 2.45) is 0 Å². The summed E-state index contributed by atoms with van der Waals surface area (Å²) in [5, 5.41) is 38.5. The summed E-state index contributed by atoms with van der Waals surface area (Å²) in [5.74, 6) is 1.26. The molecule has 0 spiro atoms. The summed E-state index contributed by atoms with van der Waals surface area (Å²) in [6, 6.07) is 31.1. The lowest BCUT2D eigenvalue weighted by Crippen LogP contribution is -2.52. The van der Waals surface area contributed by atoms with Gasteiger partial charge in [0.05, 0.1) is 26.0 Å². The lowest BCUT2D eigenvalue weighted by molar-refractivity contribution is -0.118. The van der Waals surface area contributed by atoms with Gasteiger partial charge in [0.1, 0.15) is 41.7 Å². The Labute approximate surface area is 322 Å². The largest absolute Gasteiger partial charge is 0.497 e. The summed E-state index contributed by atoms with van der Waals surface area (Å²) < 4.78 is 24.2. The molecule has 56 heavy (non-hydrogen) atoms. The van der Waals surface area contributed by atoms with E-state index in [1.165, 1.54) is 10.9 Å². The zero-order valence-electron chi connectivity index (χ0n) is 31.2. The van der Waals surface area contributed by atoms with Gasteiger partial charge in [-0.3, -0.25) is 24.5 Å². The Morgan fingerprint density at radius 1 is 0.857 bits per heavy atom. The molecule has 1 aliphatic rings. The minimum absolute atomic E-state index is 0.0414. The number of nitrogens with zero attached hydrogens (tertiary/aromatic N) is 3. The van der Waals surface area contributed by atoms with E-state index in [1.54, 1.807) is 50.6 Å². The van der Waals surface area contributed by atoms with Crippen LogP contribution in [0.4, 0.5) is 5.95 Å². The monoisotopic (exact) mass is 761 g/mol. The maximum atomic E-state index is 13.1. The molecule has 0 radical (unpaired) electrons. The number of benzene rings is 4. The number of ether oxygens (including phenoxy) is 4. The van der Waals surface area contributed by atoms with Crippen LogP contribution in [0.5, 0.6) is 17.2 Å². The highest BCUT2D eigenvalue weighted by Gasteiger charge is 2.55. The van der Waals surface area contributed by atoms with E-state index in [1.807, 2.05) is 66.7 Å². The third-order valence-electron chi connectivity index (χ3n) is 10.2. The average molecular weight is 762 g/mol. The molecule has 5 atom stereocenters. The molecule has 0 bridgehead atoms. The molecule has 1 unspecified atom stereocenters. The van der Waals surface area contributed by atoms with Gasteiger partial charge in [0.2, 0.25) is 5.95 Å². The maximum Gasteiger partial charge on any atom is 0.280 e. The van der Waals surface area contributed by atoms with Crippen molar-refractivity contribution < 1.29 is 39.1 Å². The van der Waals surface area contributed by atoms with Gasteiger partial charge in [-0.1, -0.05) is 80.6 Å². The first-order chi connectivity index (χ1) is 27.0. The number of aromatic nitrogens is 4. The van der Waals surface area contributed by atoms with Crippen molar-refractivity contribution in [3.05, 3.63) is 142 Å². The lowest BCUT2D eigenvalue weighted by atomic mass is 9.64. The standard InChI is InChI=1S/C42H43N5O9/c1-24(2)25-10-16-31(17-11-25)55-22-32(48)44-41-45-38-33(39(52)46-41)43-23-47(38)40-35(50)34(49)36(56-40)37(51)42(26-8-6-5-7-9-26,27-12-18-29(53-3)19-13-27)28-14-20-30(54-4)21-15-28/h5-21,23-24,34-37,40,49-51H,22H2,1-4H3,(H2,44,45,46,48,52)/t34-,35+,36-,37?,40+/m0/s1. The van der Waals surface area contributed by atoms with Gasteiger partial charge in [-0.2, -0.15) is 4.98 Å². The van der Waals surface area contributed by atoms with E-state index < -0.39 is 47.5 Å². The Hall–Kier alpha value is -6.06. The molecule has 5 N–H and O–H groups in total. The van der Waals surface area contributed by atoms with Crippen LogP contribution in [0, 0.1) is 0 Å². The zero-order valence-corrected chi connectivity index (χ0v) is 31.2. The molecule has 2 aromatic heterocycles. The summed E-state index contributed by atoms with van der Waals surface area (Å²) in [6.45, 7) is 3.80. The van der Waals surface area contributed by atoms with Gasteiger partial charge in [0, 0.05) is 0 Å². The first kappa shape index (κ1) is 38.2. The van der Waals surface area contributed by atoms with Gasteiger partial charge >= 0.3 is 0 Å². The predicted octanol–water partition coefficient (Wildman–Crippen LogP) is 4.29. The number of rotatable bonds is 13. The van der Waals surface area contributed by atoms with Crippen molar-refractivity contribution in [3.8, 4) is 17.2 Å². The van der Waals surface area contributed by atoms with Gasteiger partial charge in [0.25, 0.3) is 11.5 Å². The second kappa shape index (κ2) is 16.0. The quantitative estimate of drug-likeness (QED) is 0.106. The third-order valence-corrected chi connectivity index (χ3v) is 10.2. The number of hydrogen-bond acceptors (Lipinski definition) is 11. The molecule has 14 heteroatoms. The van der Waals surface area contributed by atoms with E-state index in [0.29, 0.717) is 39.9 Å². The number of carbonyl (C=O) groups is 1. The Kier molecular flexibility index (Phi) is 10.9. The number of carbonyl (C=O) groups excluding carboxylic acids is 1. The molecule has 290 valence electrons. The molecule has 1 fully saturated rings. The van der Waals surface area contributed by atoms with E-state index in [-0.39, 0.29) is 23.7 Å². The van der Waals surface area contributed by atoms with Crippen molar-refractivity contribution in [3.63, 3.8) is 0 Å². The minimum atomic E-state index is -1.63. The molecule has 3 heterocycles. The van der Waals surface area contributed by atoms with Crippen LogP contribution in [0.1, 0.15) is 48.2 Å². The number of aliphatic hydroxyl groups excluding tert-OH is 3. The Morgan fingerprint density at radius 3 is 2.00 bits per heavy atom. The van der Waals surface area contributed by atoms with E-state index in [2.05, 4.69) is 34.1 Å². The summed E-state index contributed by atoms with van der Waals surface area (Å²) in [7, 11) is 3.12. The Morgan fingerprint density at radius 2 is 1.43 bits per heavy atom. The number of aliphatic hydroxyl groups is 3.